The van der Waals surface area contributed by atoms with Crippen molar-refractivity contribution in [3.63, 3.8) is 0 Å². The molecule has 1 saturated heterocycles. The molecule has 1 aliphatic heterocycles. The number of piperazine rings is 1. The minimum Gasteiger partial charge on any atom is -0.327 e. The quantitative estimate of drug-likeness (QED) is 0.655. The van der Waals surface area contributed by atoms with Gasteiger partial charge in [-0.25, -0.2) is 5.01 Å². The van der Waals surface area contributed by atoms with Gasteiger partial charge in [-0.2, -0.15) is 0 Å². The first-order valence-electron chi connectivity index (χ1n) is 5.60. The van der Waals surface area contributed by atoms with Gasteiger partial charge < -0.3 is 10.6 Å². The van der Waals surface area contributed by atoms with Gasteiger partial charge in [0.2, 0.25) is 5.91 Å². The van der Waals surface area contributed by atoms with Gasteiger partial charge in [0.1, 0.15) is 0 Å². The predicted molar refractivity (Wildman–Crippen MR) is 60.1 cm³/mol. The highest BCUT2D eigenvalue weighted by Gasteiger charge is 2.16. The van der Waals surface area contributed by atoms with E-state index in [9.17, 15) is 4.79 Å². The third kappa shape index (κ3) is 4.59. The molecule has 5 heteroatoms. The van der Waals surface area contributed by atoms with E-state index in [1.54, 1.807) is 0 Å². The maximum atomic E-state index is 11.5. The first kappa shape index (κ1) is 12.4. The first-order chi connectivity index (χ1) is 7.11. The summed E-state index contributed by atoms with van der Waals surface area (Å²) in [6.45, 7) is 5.78. The highest BCUT2D eigenvalue weighted by atomic mass is 16.2. The Morgan fingerprint density at radius 2 is 2.00 bits per heavy atom. The molecule has 0 bridgehead atoms. The van der Waals surface area contributed by atoms with Crippen molar-refractivity contribution in [1.82, 2.24) is 15.3 Å². The van der Waals surface area contributed by atoms with Crippen LogP contribution < -0.4 is 11.2 Å². The smallest absolute Gasteiger partial charge is 0.235 e. The second-order valence-electron chi connectivity index (χ2n) is 4.20. The normalized spacial score (nSPS) is 21.3. The molecule has 0 radical (unpaired) electrons. The van der Waals surface area contributed by atoms with Crippen molar-refractivity contribution < 1.29 is 4.79 Å². The molecule has 0 aromatic carbocycles. The summed E-state index contributed by atoms with van der Waals surface area (Å²) in [6.07, 6.45) is 1.26. The van der Waals surface area contributed by atoms with Gasteiger partial charge >= 0.3 is 0 Å². The number of likely N-dealkylation sites (N-methyl/N-ethyl adjacent to an activating group) is 1. The molecule has 0 aromatic heterocycles. The molecule has 1 amide bonds. The summed E-state index contributed by atoms with van der Waals surface area (Å²) in [7, 11) is 2.09. The van der Waals surface area contributed by atoms with Gasteiger partial charge in [-0.3, -0.25) is 10.2 Å². The van der Waals surface area contributed by atoms with Gasteiger partial charge in [0.05, 0.1) is 0 Å². The molecule has 0 saturated carbocycles. The molecule has 0 aromatic rings. The molecule has 88 valence electrons. The largest absolute Gasteiger partial charge is 0.327 e. The fourth-order valence-corrected chi connectivity index (χ4v) is 1.52. The van der Waals surface area contributed by atoms with E-state index < -0.39 is 0 Å². The second kappa shape index (κ2) is 6.05. The lowest BCUT2D eigenvalue weighted by atomic mass is 10.2. The second-order valence-corrected chi connectivity index (χ2v) is 4.20. The summed E-state index contributed by atoms with van der Waals surface area (Å²) >= 11 is 0. The zero-order valence-corrected chi connectivity index (χ0v) is 9.70. The van der Waals surface area contributed by atoms with Crippen LogP contribution in [0.2, 0.25) is 0 Å². The molecule has 1 fully saturated rings. The van der Waals surface area contributed by atoms with Crippen LogP contribution in [0.15, 0.2) is 0 Å². The Hall–Kier alpha value is -0.650. The third-order valence-electron chi connectivity index (χ3n) is 2.76. The van der Waals surface area contributed by atoms with Crippen molar-refractivity contribution in [3.05, 3.63) is 0 Å². The molecule has 0 aliphatic carbocycles. The molecule has 0 spiro atoms. The molecular weight excluding hydrogens is 192 g/mol. The Balaban J connectivity index is 2.20. The van der Waals surface area contributed by atoms with Crippen LogP contribution in [0.4, 0.5) is 0 Å². The minimum atomic E-state index is -0.0162. The highest BCUT2D eigenvalue weighted by molar-refractivity contribution is 5.76. The topological polar surface area (TPSA) is 61.6 Å². The number of hydrogen-bond acceptors (Lipinski definition) is 4. The summed E-state index contributed by atoms with van der Waals surface area (Å²) in [6, 6.07) is -0.0162. The predicted octanol–water partition coefficient (Wildman–Crippen LogP) is -0.608. The van der Waals surface area contributed by atoms with Crippen LogP contribution >= 0.6 is 0 Å². The van der Waals surface area contributed by atoms with Crippen molar-refractivity contribution in [2.24, 2.45) is 5.73 Å². The van der Waals surface area contributed by atoms with Gasteiger partial charge in [0, 0.05) is 38.6 Å². The molecule has 15 heavy (non-hydrogen) atoms. The van der Waals surface area contributed by atoms with Crippen molar-refractivity contribution in [2.45, 2.75) is 25.8 Å². The lowest BCUT2D eigenvalue weighted by molar-refractivity contribution is -0.127. The van der Waals surface area contributed by atoms with Crippen molar-refractivity contribution in [1.29, 1.82) is 0 Å². The standard InChI is InChI=1S/C10H22N4O/c1-3-9(11)8-10(15)12-14-6-4-13(2)5-7-14/h9H,3-8,11H2,1-2H3,(H,12,15). The lowest BCUT2D eigenvalue weighted by Gasteiger charge is -2.32. The summed E-state index contributed by atoms with van der Waals surface area (Å²) in [5.74, 6) is 0.0360. The molecule has 3 N–H and O–H groups in total. The van der Waals surface area contributed by atoms with E-state index in [1.165, 1.54) is 0 Å². The van der Waals surface area contributed by atoms with Gasteiger partial charge in [0.15, 0.2) is 0 Å². The Labute approximate surface area is 91.6 Å². The number of nitrogens with two attached hydrogens (primary N) is 1. The molecule has 5 nitrogen and oxygen atoms in total. The number of hydrazine groups is 1. The average molecular weight is 214 g/mol. The van der Waals surface area contributed by atoms with Crippen LogP contribution in [0.1, 0.15) is 19.8 Å². The van der Waals surface area contributed by atoms with Gasteiger partial charge in [-0.05, 0) is 13.5 Å². The number of amides is 1. The van der Waals surface area contributed by atoms with Gasteiger partial charge in [-0.1, -0.05) is 6.92 Å². The lowest BCUT2D eigenvalue weighted by Crippen LogP contribution is -2.53. The molecule has 1 unspecified atom stereocenters. The number of hydrogen-bond donors (Lipinski definition) is 2. The molecule has 1 heterocycles. The summed E-state index contributed by atoms with van der Waals surface area (Å²) in [4.78, 5) is 13.8. The van der Waals surface area contributed by atoms with Crippen LogP contribution in [0.3, 0.4) is 0 Å². The van der Waals surface area contributed by atoms with Crippen molar-refractivity contribution in [2.75, 3.05) is 33.2 Å². The molecule has 1 rings (SSSR count). The SMILES string of the molecule is CCC(N)CC(=O)NN1CCN(C)CC1. The zero-order valence-electron chi connectivity index (χ0n) is 9.70. The number of carbonyl (C=O) groups is 1. The number of nitrogens with zero attached hydrogens (tertiary/aromatic N) is 2. The fraction of sp³-hybridized carbons (Fsp3) is 0.900. The minimum absolute atomic E-state index is 0.0162. The van der Waals surface area contributed by atoms with E-state index in [0.717, 1.165) is 32.6 Å². The third-order valence-corrected chi connectivity index (χ3v) is 2.76. The van der Waals surface area contributed by atoms with E-state index in [4.69, 9.17) is 5.73 Å². The summed E-state index contributed by atoms with van der Waals surface area (Å²) in [5.41, 5.74) is 8.61. The van der Waals surface area contributed by atoms with Crippen LogP contribution in [0.25, 0.3) is 0 Å². The van der Waals surface area contributed by atoms with E-state index in [-0.39, 0.29) is 11.9 Å². The van der Waals surface area contributed by atoms with Crippen LogP contribution in [-0.2, 0) is 4.79 Å². The highest BCUT2D eigenvalue weighted by Crippen LogP contribution is 1.98. The summed E-state index contributed by atoms with van der Waals surface area (Å²) < 4.78 is 0. The van der Waals surface area contributed by atoms with Crippen LogP contribution in [-0.4, -0.2) is 55.1 Å². The Bertz CT molecular complexity index is 202. The van der Waals surface area contributed by atoms with Gasteiger partial charge in [-0.15, -0.1) is 0 Å². The fourth-order valence-electron chi connectivity index (χ4n) is 1.52. The van der Waals surface area contributed by atoms with Gasteiger partial charge in [0.25, 0.3) is 0 Å². The van der Waals surface area contributed by atoms with Crippen molar-refractivity contribution in [3.8, 4) is 0 Å². The maximum Gasteiger partial charge on any atom is 0.235 e. The zero-order chi connectivity index (χ0) is 11.3. The molecule has 1 aliphatic rings. The molecular formula is C10H22N4O. The van der Waals surface area contributed by atoms with Crippen molar-refractivity contribution >= 4 is 5.91 Å². The van der Waals surface area contributed by atoms with E-state index in [2.05, 4.69) is 17.4 Å². The summed E-state index contributed by atoms with van der Waals surface area (Å²) in [5, 5.41) is 1.98. The van der Waals surface area contributed by atoms with Crippen LogP contribution in [0.5, 0.6) is 0 Å². The Morgan fingerprint density at radius 1 is 1.40 bits per heavy atom. The Kier molecular flexibility index (Phi) is 5.01. The van der Waals surface area contributed by atoms with E-state index in [1.807, 2.05) is 11.9 Å². The average Bonchev–Trinajstić information content (AvgIpc) is 2.21. The number of nitrogens with one attached hydrogen (secondary N) is 1. The first-order valence-corrected chi connectivity index (χ1v) is 5.60. The van der Waals surface area contributed by atoms with Crippen LogP contribution in [0, 0.1) is 0 Å². The van der Waals surface area contributed by atoms with E-state index >= 15 is 0 Å². The Morgan fingerprint density at radius 3 is 2.53 bits per heavy atom. The van der Waals surface area contributed by atoms with E-state index in [0.29, 0.717) is 6.42 Å². The number of carbonyl (C=O) groups excluding carboxylic acids is 1. The maximum absolute atomic E-state index is 11.5. The monoisotopic (exact) mass is 214 g/mol. The molecule has 1 atom stereocenters. The number of rotatable bonds is 4.